The third-order valence-electron chi connectivity index (χ3n) is 4.87. The molecule has 4 heteroatoms. The van der Waals surface area contributed by atoms with E-state index in [0.29, 0.717) is 17.5 Å². The molecular formula is C21H27NO3. The lowest BCUT2D eigenvalue weighted by atomic mass is 10.0. The third kappa shape index (κ3) is 3.97. The zero-order chi connectivity index (χ0) is 17.8. The standard InChI is InChI=1S/C21H27NO3/c1-14-4-5-16-6-8-19(18(16)12-14)22-15(2)17-7-9-20(25-11-10-23)21(13-17)24-3/h4-5,7,9,12-13,15,19,22-23H,6,8,10-11H2,1-3H3. The minimum atomic E-state index is -0.0105. The summed E-state index contributed by atoms with van der Waals surface area (Å²) in [4.78, 5) is 0. The number of ether oxygens (including phenoxy) is 2. The molecule has 2 atom stereocenters. The lowest BCUT2D eigenvalue weighted by molar-refractivity contribution is 0.196. The van der Waals surface area contributed by atoms with Crippen LogP contribution >= 0.6 is 0 Å². The van der Waals surface area contributed by atoms with Gasteiger partial charge >= 0.3 is 0 Å². The van der Waals surface area contributed by atoms with Crippen LogP contribution in [0.25, 0.3) is 0 Å². The van der Waals surface area contributed by atoms with Crippen molar-refractivity contribution in [3.8, 4) is 11.5 Å². The molecule has 0 saturated heterocycles. The van der Waals surface area contributed by atoms with Gasteiger partial charge in [-0.1, -0.05) is 29.8 Å². The molecule has 0 heterocycles. The van der Waals surface area contributed by atoms with Crippen LogP contribution < -0.4 is 14.8 Å². The molecular weight excluding hydrogens is 314 g/mol. The lowest BCUT2D eigenvalue weighted by Gasteiger charge is -2.22. The van der Waals surface area contributed by atoms with E-state index in [2.05, 4.69) is 43.4 Å². The van der Waals surface area contributed by atoms with E-state index in [9.17, 15) is 0 Å². The van der Waals surface area contributed by atoms with Crippen LogP contribution in [0, 0.1) is 6.92 Å². The van der Waals surface area contributed by atoms with Crippen LogP contribution in [0.15, 0.2) is 36.4 Å². The molecule has 0 saturated carbocycles. The second kappa shape index (κ2) is 7.89. The van der Waals surface area contributed by atoms with E-state index in [0.717, 1.165) is 18.4 Å². The van der Waals surface area contributed by atoms with Crippen molar-refractivity contribution < 1.29 is 14.6 Å². The topological polar surface area (TPSA) is 50.7 Å². The van der Waals surface area contributed by atoms with Crippen LogP contribution in [-0.4, -0.2) is 25.4 Å². The monoisotopic (exact) mass is 341 g/mol. The molecule has 0 bridgehead atoms. The van der Waals surface area contributed by atoms with E-state index >= 15 is 0 Å². The molecule has 0 aliphatic heterocycles. The zero-order valence-electron chi connectivity index (χ0n) is 15.2. The molecule has 25 heavy (non-hydrogen) atoms. The summed E-state index contributed by atoms with van der Waals surface area (Å²) in [5, 5.41) is 12.7. The molecule has 3 rings (SSSR count). The molecule has 0 aromatic heterocycles. The Morgan fingerprint density at radius 3 is 2.80 bits per heavy atom. The highest BCUT2D eigenvalue weighted by atomic mass is 16.5. The van der Waals surface area contributed by atoms with Gasteiger partial charge in [-0.15, -0.1) is 0 Å². The van der Waals surface area contributed by atoms with Gasteiger partial charge in [-0.25, -0.2) is 0 Å². The van der Waals surface area contributed by atoms with Gasteiger partial charge in [-0.3, -0.25) is 0 Å². The SMILES string of the molecule is COc1cc(C(C)NC2CCc3ccc(C)cc32)ccc1OCCO. The maximum atomic E-state index is 8.92. The van der Waals surface area contributed by atoms with E-state index < -0.39 is 0 Å². The summed E-state index contributed by atoms with van der Waals surface area (Å²) >= 11 is 0. The molecule has 134 valence electrons. The van der Waals surface area contributed by atoms with Gasteiger partial charge in [0.1, 0.15) is 6.61 Å². The Morgan fingerprint density at radius 2 is 2.04 bits per heavy atom. The van der Waals surface area contributed by atoms with Gasteiger partial charge in [-0.2, -0.15) is 0 Å². The van der Waals surface area contributed by atoms with E-state index in [1.807, 2.05) is 12.1 Å². The van der Waals surface area contributed by atoms with Crippen LogP contribution in [-0.2, 0) is 6.42 Å². The smallest absolute Gasteiger partial charge is 0.161 e. The van der Waals surface area contributed by atoms with Gasteiger partial charge in [0.2, 0.25) is 0 Å². The number of aliphatic hydroxyl groups is 1. The number of methoxy groups -OCH3 is 1. The summed E-state index contributed by atoms with van der Waals surface area (Å²) in [7, 11) is 1.64. The number of aliphatic hydroxyl groups excluding tert-OH is 1. The summed E-state index contributed by atoms with van der Waals surface area (Å²) in [5.41, 5.74) is 5.36. The van der Waals surface area contributed by atoms with Crippen molar-refractivity contribution in [2.75, 3.05) is 20.3 Å². The molecule has 2 N–H and O–H groups in total. The normalized spacial score (nSPS) is 17.2. The van der Waals surface area contributed by atoms with E-state index in [1.165, 1.54) is 16.7 Å². The summed E-state index contributed by atoms with van der Waals surface area (Å²) in [6.07, 6.45) is 2.27. The molecule has 1 aliphatic rings. The summed E-state index contributed by atoms with van der Waals surface area (Å²) in [6.45, 7) is 4.58. The second-order valence-corrected chi connectivity index (χ2v) is 6.66. The van der Waals surface area contributed by atoms with Crippen molar-refractivity contribution in [3.05, 3.63) is 58.7 Å². The van der Waals surface area contributed by atoms with Gasteiger partial charge < -0.3 is 19.9 Å². The van der Waals surface area contributed by atoms with Gasteiger partial charge in [0, 0.05) is 12.1 Å². The fourth-order valence-electron chi connectivity index (χ4n) is 3.52. The van der Waals surface area contributed by atoms with Gasteiger partial charge in [0.25, 0.3) is 0 Å². The molecule has 0 spiro atoms. The van der Waals surface area contributed by atoms with Gasteiger partial charge in [0.05, 0.1) is 13.7 Å². The lowest BCUT2D eigenvalue weighted by Crippen LogP contribution is -2.23. The highest BCUT2D eigenvalue weighted by Crippen LogP contribution is 2.35. The van der Waals surface area contributed by atoms with Crippen molar-refractivity contribution in [1.29, 1.82) is 0 Å². The second-order valence-electron chi connectivity index (χ2n) is 6.66. The summed E-state index contributed by atoms with van der Waals surface area (Å²) in [6, 6.07) is 13.3. The highest BCUT2D eigenvalue weighted by Gasteiger charge is 2.24. The first-order valence-electron chi connectivity index (χ1n) is 8.89. The Kier molecular flexibility index (Phi) is 5.61. The number of hydrogen-bond acceptors (Lipinski definition) is 4. The number of aryl methyl sites for hydroxylation is 2. The fourth-order valence-corrected chi connectivity index (χ4v) is 3.52. The van der Waals surface area contributed by atoms with E-state index in [-0.39, 0.29) is 19.3 Å². The highest BCUT2D eigenvalue weighted by molar-refractivity contribution is 5.44. The zero-order valence-corrected chi connectivity index (χ0v) is 15.2. The molecule has 2 unspecified atom stereocenters. The summed E-state index contributed by atoms with van der Waals surface area (Å²) < 4.78 is 11.0. The molecule has 2 aromatic rings. The third-order valence-corrected chi connectivity index (χ3v) is 4.87. The van der Waals surface area contributed by atoms with Gasteiger partial charge in [-0.05, 0) is 55.5 Å². The minimum absolute atomic E-state index is 0.0105. The maximum absolute atomic E-state index is 8.92. The number of benzene rings is 2. The molecule has 0 fully saturated rings. The maximum Gasteiger partial charge on any atom is 0.161 e. The largest absolute Gasteiger partial charge is 0.493 e. The quantitative estimate of drug-likeness (QED) is 0.806. The molecule has 1 aliphatic carbocycles. The van der Waals surface area contributed by atoms with Crippen molar-refractivity contribution in [2.24, 2.45) is 0 Å². The number of rotatable bonds is 7. The predicted molar refractivity (Wildman–Crippen MR) is 99.4 cm³/mol. The Morgan fingerprint density at radius 1 is 1.20 bits per heavy atom. The van der Waals surface area contributed by atoms with Crippen LogP contribution in [0.1, 0.15) is 47.7 Å². The van der Waals surface area contributed by atoms with Crippen molar-refractivity contribution >= 4 is 0 Å². The molecule has 4 nitrogen and oxygen atoms in total. The van der Waals surface area contributed by atoms with Gasteiger partial charge in [0.15, 0.2) is 11.5 Å². The Hall–Kier alpha value is -2.04. The fraction of sp³-hybridized carbons (Fsp3) is 0.429. The number of hydrogen-bond donors (Lipinski definition) is 2. The Balaban J connectivity index is 1.74. The first-order chi connectivity index (χ1) is 12.1. The predicted octanol–water partition coefficient (Wildman–Crippen LogP) is 3.71. The van der Waals surface area contributed by atoms with Crippen molar-refractivity contribution in [3.63, 3.8) is 0 Å². The molecule has 0 radical (unpaired) electrons. The number of fused-ring (bicyclic) bond motifs is 1. The average molecular weight is 341 g/mol. The first-order valence-corrected chi connectivity index (χ1v) is 8.89. The van der Waals surface area contributed by atoms with E-state index in [4.69, 9.17) is 14.6 Å². The summed E-state index contributed by atoms with van der Waals surface area (Å²) in [5.74, 6) is 1.36. The van der Waals surface area contributed by atoms with Crippen LogP contribution in [0.4, 0.5) is 0 Å². The van der Waals surface area contributed by atoms with Crippen LogP contribution in [0.5, 0.6) is 11.5 Å². The van der Waals surface area contributed by atoms with E-state index in [1.54, 1.807) is 7.11 Å². The van der Waals surface area contributed by atoms with Crippen molar-refractivity contribution in [2.45, 2.75) is 38.8 Å². The average Bonchev–Trinajstić information content (AvgIpc) is 3.01. The van der Waals surface area contributed by atoms with Crippen LogP contribution in [0.3, 0.4) is 0 Å². The Bertz CT molecular complexity index is 729. The van der Waals surface area contributed by atoms with Crippen molar-refractivity contribution in [1.82, 2.24) is 5.32 Å². The first kappa shape index (κ1) is 17.8. The van der Waals surface area contributed by atoms with Crippen LogP contribution in [0.2, 0.25) is 0 Å². The Labute approximate surface area is 149 Å². The minimum Gasteiger partial charge on any atom is -0.493 e. The molecule has 2 aromatic carbocycles. The number of nitrogens with one attached hydrogen (secondary N) is 1. The molecule has 0 amide bonds.